The Morgan fingerprint density at radius 1 is 1.08 bits per heavy atom. The number of benzene rings is 2. The molecule has 0 spiro atoms. The van der Waals surface area contributed by atoms with E-state index in [9.17, 15) is 9.59 Å². The van der Waals surface area contributed by atoms with Crippen molar-refractivity contribution in [1.29, 1.82) is 0 Å². The second kappa shape index (κ2) is 9.94. The number of carbonyl (C=O) groups is 2. The van der Waals surface area contributed by atoms with Crippen LogP contribution in [0.5, 0.6) is 0 Å². The highest BCUT2D eigenvalue weighted by molar-refractivity contribution is 6.30. The minimum absolute atomic E-state index is 0.0243. The second-order valence-electron chi connectivity index (χ2n) is 5.99. The number of carbonyl (C=O) groups excluding carboxylic acids is 2. The van der Waals surface area contributed by atoms with Crippen molar-refractivity contribution in [3.63, 3.8) is 0 Å². The van der Waals surface area contributed by atoms with E-state index in [4.69, 9.17) is 16.3 Å². The Bertz CT molecular complexity index is 720. The standard InChI is InChI=1S/C20H23ClN2O3/c1-14(16-8-10-17(21)11-9-16)22-13-19(24)23-18(20(25)26-2)12-15-6-4-3-5-7-15/h3-11,14,18,22H,12-13H2,1-2H3,(H,23,24). The summed E-state index contributed by atoms with van der Waals surface area (Å²) in [4.78, 5) is 24.2. The van der Waals surface area contributed by atoms with Crippen LogP contribution in [0.3, 0.4) is 0 Å². The first-order valence-electron chi connectivity index (χ1n) is 8.39. The lowest BCUT2D eigenvalue weighted by Crippen LogP contribution is -2.46. The third kappa shape index (κ3) is 6.17. The molecule has 5 nitrogen and oxygen atoms in total. The molecule has 0 aliphatic heterocycles. The number of nitrogens with one attached hydrogen (secondary N) is 2. The Hall–Kier alpha value is -2.37. The largest absolute Gasteiger partial charge is 0.467 e. The maximum atomic E-state index is 12.3. The van der Waals surface area contributed by atoms with E-state index >= 15 is 0 Å². The molecule has 0 aromatic heterocycles. The van der Waals surface area contributed by atoms with Gasteiger partial charge < -0.3 is 15.4 Å². The second-order valence-corrected chi connectivity index (χ2v) is 6.42. The molecule has 0 bridgehead atoms. The number of ether oxygens (including phenoxy) is 1. The fraction of sp³-hybridized carbons (Fsp3) is 0.300. The van der Waals surface area contributed by atoms with Crippen LogP contribution >= 0.6 is 11.6 Å². The molecule has 2 aromatic carbocycles. The average Bonchev–Trinajstić information content (AvgIpc) is 2.66. The number of esters is 1. The predicted molar refractivity (Wildman–Crippen MR) is 102 cm³/mol. The molecule has 2 atom stereocenters. The molecule has 1 amide bonds. The summed E-state index contributed by atoms with van der Waals surface area (Å²) in [6, 6.07) is 16.2. The summed E-state index contributed by atoms with van der Waals surface area (Å²) in [7, 11) is 1.31. The van der Waals surface area contributed by atoms with Gasteiger partial charge in [0.15, 0.2) is 0 Å². The number of amides is 1. The third-order valence-electron chi connectivity index (χ3n) is 4.04. The van der Waals surface area contributed by atoms with Gasteiger partial charge in [-0.2, -0.15) is 0 Å². The van der Waals surface area contributed by atoms with Gasteiger partial charge in [0.25, 0.3) is 0 Å². The third-order valence-corrected chi connectivity index (χ3v) is 4.29. The van der Waals surface area contributed by atoms with Gasteiger partial charge in [-0.1, -0.05) is 54.1 Å². The smallest absolute Gasteiger partial charge is 0.328 e. The molecule has 0 saturated heterocycles. The van der Waals surface area contributed by atoms with Gasteiger partial charge in [-0.25, -0.2) is 4.79 Å². The van der Waals surface area contributed by atoms with Gasteiger partial charge in [-0.15, -0.1) is 0 Å². The van der Waals surface area contributed by atoms with Crippen LogP contribution in [0.25, 0.3) is 0 Å². The lowest BCUT2D eigenvalue weighted by atomic mass is 10.1. The molecular weight excluding hydrogens is 352 g/mol. The summed E-state index contributed by atoms with van der Waals surface area (Å²) in [5.41, 5.74) is 1.97. The Morgan fingerprint density at radius 3 is 2.35 bits per heavy atom. The molecule has 2 aromatic rings. The zero-order valence-corrected chi connectivity index (χ0v) is 15.6. The molecular formula is C20H23ClN2O3. The zero-order chi connectivity index (χ0) is 18.9. The number of rotatable bonds is 8. The summed E-state index contributed by atoms with van der Waals surface area (Å²) >= 11 is 5.88. The molecule has 2 N–H and O–H groups in total. The van der Waals surface area contributed by atoms with E-state index in [-0.39, 0.29) is 18.5 Å². The van der Waals surface area contributed by atoms with Gasteiger partial charge in [0, 0.05) is 17.5 Å². The van der Waals surface area contributed by atoms with Gasteiger partial charge >= 0.3 is 5.97 Å². The van der Waals surface area contributed by atoms with Crippen LogP contribution in [0.15, 0.2) is 54.6 Å². The minimum Gasteiger partial charge on any atom is -0.467 e. The average molecular weight is 375 g/mol. The van der Waals surface area contributed by atoms with Crippen LogP contribution in [0.1, 0.15) is 24.1 Å². The quantitative estimate of drug-likeness (QED) is 0.697. The summed E-state index contributed by atoms with van der Waals surface area (Å²) in [5.74, 6) is -0.731. The first-order chi connectivity index (χ1) is 12.5. The molecule has 0 aliphatic carbocycles. The maximum absolute atomic E-state index is 12.3. The Labute approximate surface area is 158 Å². The maximum Gasteiger partial charge on any atom is 0.328 e. The monoisotopic (exact) mass is 374 g/mol. The van der Waals surface area contributed by atoms with Crippen LogP contribution in [-0.2, 0) is 20.7 Å². The normalized spacial score (nSPS) is 12.9. The highest BCUT2D eigenvalue weighted by atomic mass is 35.5. The summed E-state index contributed by atoms with van der Waals surface area (Å²) < 4.78 is 4.81. The molecule has 26 heavy (non-hydrogen) atoms. The van der Waals surface area contributed by atoms with Crippen molar-refractivity contribution < 1.29 is 14.3 Å². The summed E-state index contributed by atoms with van der Waals surface area (Å²) in [5, 5.41) is 6.54. The lowest BCUT2D eigenvalue weighted by molar-refractivity contribution is -0.144. The van der Waals surface area contributed by atoms with Gasteiger partial charge in [-0.05, 0) is 30.2 Å². The highest BCUT2D eigenvalue weighted by Crippen LogP contribution is 2.15. The van der Waals surface area contributed by atoms with Crippen LogP contribution in [-0.4, -0.2) is 31.6 Å². The van der Waals surface area contributed by atoms with Crippen molar-refractivity contribution in [2.45, 2.75) is 25.4 Å². The van der Waals surface area contributed by atoms with E-state index in [1.807, 2.05) is 61.5 Å². The van der Waals surface area contributed by atoms with Gasteiger partial charge in [0.05, 0.1) is 13.7 Å². The van der Waals surface area contributed by atoms with Crippen LogP contribution in [0, 0.1) is 0 Å². The molecule has 0 saturated carbocycles. The van der Waals surface area contributed by atoms with Crippen molar-refractivity contribution in [1.82, 2.24) is 10.6 Å². The van der Waals surface area contributed by atoms with Crippen molar-refractivity contribution in [2.24, 2.45) is 0 Å². The molecule has 0 radical (unpaired) electrons. The summed E-state index contributed by atoms with van der Waals surface area (Å²) in [6.07, 6.45) is 0.381. The lowest BCUT2D eigenvalue weighted by Gasteiger charge is -2.18. The van der Waals surface area contributed by atoms with Crippen molar-refractivity contribution in [3.8, 4) is 0 Å². The zero-order valence-electron chi connectivity index (χ0n) is 14.9. The number of hydrogen-bond acceptors (Lipinski definition) is 4. The van der Waals surface area contributed by atoms with Crippen molar-refractivity contribution >= 4 is 23.5 Å². The van der Waals surface area contributed by atoms with Crippen LogP contribution < -0.4 is 10.6 Å². The van der Waals surface area contributed by atoms with E-state index < -0.39 is 12.0 Å². The Balaban J connectivity index is 1.90. The van der Waals surface area contributed by atoms with E-state index in [1.165, 1.54) is 7.11 Å². The molecule has 0 fully saturated rings. The molecule has 0 heterocycles. The van der Waals surface area contributed by atoms with E-state index in [2.05, 4.69) is 10.6 Å². The van der Waals surface area contributed by atoms with E-state index in [1.54, 1.807) is 0 Å². The van der Waals surface area contributed by atoms with E-state index in [0.29, 0.717) is 11.4 Å². The molecule has 0 aliphatic rings. The van der Waals surface area contributed by atoms with Gasteiger partial charge in [-0.3, -0.25) is 4.79 Å². The molecule has 138 valence electrons. The topological polar surface area (TPSA) is 67.4 Å². The van der Waals surface area contributed by atoms with Crippen molar-refractivity contribution in [3.05, 3.63) is 70.7 Å². The first-order valence-corrected chi connectivity index (χ1v) is 8.77. The summed E-state index contributed by atoms with van der Waals surface area (Å²) in [6.45, 7) is 2.05. The molecule has 2 rings (SSSR count). The fourth-order valence-corrected chi connectivity index (χ4v) is 2.67. The molecule has 6 heteroatoms. The fourth-order valence-electron chi connectivity index (χ4n) is 2.55. The van der Waals surface area contributed by atoms with Crippen molar-refractivity contribution in [2.75, 3.05) is 13.7 Å². The Kier molecular flexibility index (Phi) is 7.63. The number of halogens is 1. The predicted octanol–water partition coefficient (Wildman–Crippen LogP) is 2.89. The van der Waals surface area contributed by atoms with E-state index in [0.717, 1.165) is 11.1 Å². The first kappa shape index (κ1) is 19.9. The van der Waals surface area contributed by atoms with Gasteiger partial charge in [0.1, 0.15) is 6.04 Å². The number of hydrogen-bond donors (Lipinski definition) is 2. The van der Waals surface area contributed by atoms with Gasteiger partial charge in [0.2, 0.25) is 5.91 Å². The van der Waals surface area contributed by atoms with Crippen LogP contribution in [0.4, 0.5) is 0 Å². The number of methoxy groups -OCH3 is 1. The Morgan fingerprint density at radius 2 is 1.73 bits per heavy atom. The molecule has 2 unspecified atom stereocenters. The SMILES string of the molecule is COC(=O)C(Cc1ccccc1)NC(=O)CNC(C)c1ccc(Cl)cc1. The minimum atomic E-state index is -0.720. The van der Waals surface area contributed by atoms with Crippen LogP contribution in [0.2, 0.25) is 5.02 Å². The highest BCUT2D eigenvalue weighted by Gasteiger charge is 2.22.